The van der Waals surface area contributed by atoms with Crippen LogP contribution in [0.25, 0.3) is 16.9 Å². The van der Waals surface area contributed by atoms with E-state index in [2.05, 4.69) is 175 Å². The van der Waals surface area contributed by atoms with Crippen LogP contribution in [-0.4, -0.2) is 4.98 Å². The van der Waals surface area contributed by atoms with Crippen LogP contribution in [0.1, 0.15) is 5.69 Å². The first-order valence-corrected chi connectivity index (χ1v) is 18.0. The van der Waals surface area contributed by atoms with Crippen molar-refractivity contribution in [2.45, 2.75) is 6.54 Å². The molecule has 0 fully saturated rings. The summed E-state index contributed by atoms with van der Waals surface area (Å²) in [6.45, 7) is 0.279. The number of halogens is 2. The van der Waals surface area contributed by atoms with Crippen LogP contribution >= 0.6 is 15.8 Å². The Labute approximate surface area is 318 Å². The van der Waals surface area contributed by atoms with E-state index < -0.39 is 15.8 Å². The average Bonchev–Trinajstić information content (AvgIpc) is 3.15. The Morgan fingerprint density at radius 2 is 0.694 bits per heavy atom. The largest absolute Gasteiger partial charge is 3.00 e. The molecule has 0 saturated carbocycles. The SMILES string of the molecule is [Cl-].[Cl-].[NH-]Cc1ccccn1.[Ru+3].c1ccc(P(c2ccccc2)c2ccccc2-c2ccccc2P(c2ccccc2)c2ccccc2)cc1. The van der Waals surface area contributed by atoms with Crippen LogP contribution in [0, 0.1) is 0 Å². The van der Waals surface area contributed by atoms with Crippen molar-refractivity contribution >= 4 is 47.7 Å². The van der Waals surface area contributed by atoms with Gasteiger partial charge >= 0.3 is 19.5 Å². The zero-order valence-electron chi connectivity index (χ0n) is 26.6. The van der Waals surface area contributed by atoms with Crippen molar-refractivity contribution in [3.8, 4) is 11.1 Å². The first kappa shape index (κ1) is 39.9. The van der Waals surface area contributed by atoms with Crippen molar-refractivity contribution in [1.29, 1.82) is 0 Å². The smallest absolute Gasteiger partial charge is 1.00 e. The molecule has 245 valence electrons. The van der Waals surface area contributed by atoms with Gasteiger partial charge in [0.25, 0.3) is 0 Å². The Hall–Kier alpha value is -3.51. The Morgan fingerprint density at radius 1 is 0.388 bits per heavy atom. The molecule has 0 amide bonds. The van der Waals surface area contributed by atoms with Gasteiger partial charge in [-0.2, -0.15) is 0 Å². The van der Waals surface area contributed by atoms with Gasteiger partial charge in [0.1, 0.15) is 0 Å². The van der Waals surface area contributed by atoms with E-state index >= 15 is 0 Å². The molecule has 2 nitrogen and oxygen atoms in total. The van der Waals surface area contributed by atoms with Crippen molar-refractivity contribution in [3.05, 3.63) is 206 Å². The van der Waals surface area contributed by atoms with Crippen molar-refractivity contribution in [2.75, 3.05) is 0 Å². The number of rotatable bonds is 8. The zero-order valence-corrected chi connectivity index (χ0v) is 31.7. The van der Waals surface area contributed by atoms with Crippen LogP contribution in [0.2, 0.25) is 0 Å². The normalized spacial score (nSPS) is 10.1. The minimum absolute atomic E-state index is 0. The molecule has 0 bridgehead atoms. The number of hydrogen-bond acceptors (Lipinski definition) is 1. The molecule has 1 radical (unpaired) electrons. The molecule has 0 saturated heterocycles. The Bertz CT molecular complexity index is 1730. The van der Waals surface area contributed by atoms with Crippen LogP contribution in [0.5, 0.6) is 0 Å². The van der Waals surface area contributed by atoms with E-state index in [9.17, 15) is 0 Å². The predicted octanol–water partition coefficient (Wildman–Crippen LogP) is 2.51. The quantitative estimate of drug-likeness (QED) is 0.172. The third-order valence-electron chi connectivity index (χ3n) is 7.54. The van der Waals surface area contributed by atoms with Gasteiger partial charge in [0, 0.05) is 11.9 Å². The van der Waals surface area contributed by atoms with Crippen molar-refractivity contribution in [2.24, 2.45) is 0 Å². The van der Waals surface area contributed by atoms with Gasteiger partial charge in [-0.3, -0.25) is 4.98 Å². The Kier molecular flexibility index (Phi) is 17.0. The Morgan fingerprint density at radius 3 is 0.980 bits per heavy atom. The molecule has 0 aliphatic rings. The fourth-order valence-corrected chi connectivity index (χ4v) is 10.4. The number of aromatic nitrogens is 1. The number of nitrogens with zero attached hydrogens (tertiary/aromatic N) is 1. The second kappa shape index (κ2) is 20.9. The van der Waals surface area contributed by atoms with Crippen LogP contribution in [0.4, 0.5) is 0 Å². The minimum atomic E-state index is -0.723. The number of benzene rings is 6. The summed E-state index contributed by atoms with van der Waals surface area (Å²) in [5, 5.41) is 8.25. The standard InChI is InChI=1S/C36H28P2.C6H7N2.2ClH.Ru/c1-5-17-29(18-6-1)37(30-19-7-2-8-20-30)35-27-15-13-25-33(35)34-26-14-16-28-36(34)38(31-21-9-3-10-22-31)32-23-11-4-12-24-32;7-5-6-3-1-2-4-8-6;;;/h1-28H;1-4,7H,5H2;2*1H;/q;-1;;;+3/p-2. The van der Waals surface area contributed by atoms with Gasteiger partial charge in [0.15, 0.2) is 0 Å². The molecule has 0 aliphatic heterocycles. The van der Waals surface area contributed by atoms with Gasteiger partial charge in [-0.25, -0.2) is 0 Å². The molecule has 6 aromatic carbocycles. The van der Waals surface area contributed by atoms with Crippen LogP contribution in [-0.2, 0) is 26.0 Å². The van der Waals surface area contributed by atoms with Gasteiger partial charge in [-0.1, -0.05) is 176 Å². The van der Waals surface area contributed by atoms with Gasteiger partial charge < -0.3 is 30.5 Å². The summed E-state index contributed by atoms with van der Waals surface area (Å²) in [7, 11) is -1.45. The third kappa shape index (κ3) is 10.3. The molecule has 0 spiro atoms. The monoisotopic (exact) mass is 801 g/mol. The number of nitrogens with one attached hydrogen (secondary N) is 1. The van der Waals surface area contributed by atoms with E-state index in [1.807, 2.05) is 18.2 Å². The summed E-state index contributed by atoms with van der Waals surface area (Å²) < 4.78 is 0. The van der Waals surface area contributed by atoms with Crippen LogP contribution in [0.15, 0.2) is 194 Å². The molecule has 0 unspecified atom stereocenters. The summed E-state index contributed by atoms with van der Waals surface area (Å²) >= 11 is 0. The van der Waals surface area contributed by atoms with Crippen molar-refractivity contribution in [1.82, 2.24) is 4.98 Å². The summed E-state index contributed by atoms with van der Waals surface area (Å²) in [5.74, 6) is 0. The molecular weight excluding hydrogens is 766 g/mol. The molecule has 1 aromatic heterocycles. The van der Waals surface area contributed by atoms with Crippen LogP contribution < -0.4 is 56.6 Å². The topological polar surface area (TPSA) is 36.7 Å². The molecule has 1 heterocycles. The number of pyridine rings is 1. The third-order valence-corrected chi connectivity index (χ3v) is 12.5. The van der Waals surface area contributed by atoms with Crippen molar-refractivity contribution < 1.29 is 44.3 Å². The van der Waals surface area contributed by atoms with E-state index in [-0.39, 0.29) is 50.8 Å². The average molecular weight is 802 g/mol. The van der Waals surface area contributed by atoms with Gasteiger partial charge in [-0.15, -0.1) is 6.54 Å². The van der Waals surface area contributed by atoms with E-state index in [1.165, 1.54) is 43.0 Å². The molecule has 7 heteroatoms. The fraction of sp³-hybridized carbons (Fsp3) is 0.0238. The zero-order chi connectivity index (χ0) is 31.4. The van der Waals surface area contributed by atoms with E-state index in [0.29, 0.717) is 0 Å². The van der Waals surface area contributed by atoms with E-state index in [4.69, 9.17) is 5.73 Å². The first-order chi connectivity index (χ1) is 22.8. The minimum Gasteiger partial charge on any atom is -1.00 e. The summed E-state index contributed by atoms with van der Waals surface area (Å²) in [6, 6.07) is 67.6. The van der Waals surface area contributed by atoms with Gasteiger partial charge in [0.2, 0.25) is 0 Å². The Balaban J connectivity index is 0.000000523. The molecule has 7 rings (SSSR count). The maximum absolute atomic E-state index is 6.88. The summed E-state index contributed by atoms with van der Waals surface area (Å²) in [6.07, 6.45) is 1.70. The van der Waals surface area contributed by atoms with E-state index in [0.717, 1.165) is 5.69 Å². The van der Waals surface area contributed by atoms with E-state index in [1.54, 1.807) is 6.20 Å². The predicted molar refractivity (Wildman–Crippen MR) is 202 cm³/mol. The molecule has 1 N–H and O–H groups in total. The second-order valence-corrected chi connectivity index (χ2v) is 14.9. The van der Waals surface area contributed by atoms with Crippen LogP contribution in [0.3, 0.4) is 0 Å². The first-order valence-electron chi connectivity index (χ1n) is 15.4. The molecule has 7 aromatic rings. The molecule has 49 heavy (non-hydrogen) atoms. The maximum atomic E-state index is 6.88. The second-order valence-electron chi connectivity index (χ2n) is 10.5. The molecular formula is C42H35Cl2N2P2Ru. The fourth-order valence-electron chi connectivity index (χ4n) is 5.46. The maximum Gasteiger partial charge on any atom is 3.00 e. The number of hydrogen-bond donors (Lipinski definition) is 0. The molecule has 0 aliphatic carbocycles. The van der Waals surface area contributed by atoms with Gasteiger partial charge in [-0.05, 0) is 70.9 Å². The summed E-state index contributed by atoms with van der Waals surface area (Å²) in [4.78, 5) is 3.91. The summed E-state index contributed by atoms with van der Waals surface area (Å²) in [5.41, 5.74) is 10.3. The van der Waals surface area contributed by atoms with Crippen molar-refractivity contribution in [3.63, 3.8) is 0 Å². The molecule has 0 atom stereocenters. The van der Waals surface area contributed by atoms with Gasteiger partial charge in [0.05, 0.1) is 0 Å².